The third-order valence-electron chi connectivity index (χ3n) is 6.24. The molecule has 11 heteroatoms. The molecule has 1 amide bonds. The molecule has 3 aromatic heterocycles. The molecule has 1 saturated heterocycles. The van der Waals surface area contributed by atoms with Gasteiger partial charge in [-0.1, -0.05) is 0 Å². The number of aryl methyl sites for hydroxylation is 1. The molecule has 1 fully saturated rings. The van der Waals surface area contributed by atoms with Gasteiger partial charge in [-0.2, -0.15) is 0 Å². The lowest BCUT2D eigenvalue weighted by atomic mass is 10.0. The van der Waals surface area contributed by atoms with Gasteiger partial charge in [-0.25, -0.2) is 15.0 Å². The van der Waals surface area contributed by atoms with Crippen molar-refractivity contribution in [3.63, 3.8) is 0 Å². The second-order valence-corrected chi connectivity index (χ2v) is 9.52. The van der Waals surface area contributed by atoms with Crippen molar-refractivity contribution < 1.29 is 14.3 Å². The highest BCUT2D eigenvalue weighted by molar-refractivity contribution is 7.16. The summed E-state index contributed by atoms with van der Waals surface area (Å²) in [5.74, 6) is 1.55. The van der Waals surface area contributed by atoms with E-state index in [0.717, 1.165) is 27.0 Å². The number of methoxy groups -OCH3 is 1. The van der Waals surface area contributed by atoms with Crippen LogP contribution in [0.15, 0.2) is 48.4 Å². The van der Waals surface area contributed by atoms with E-state index in [4.69, 9.17) is 9.47 Å². The number of aromatic nitrogens is 5. The Labute approximate surface area is 210 Å². The van der Waals surface area contributed by atoms with Crippen molar-refractivity contribution in [1.82, 2.24) is 29.6 Å². The summed E-state index contributed by atoms with van der Waals surface area (Å²) in [4.78, 5) is 27.8. The first kappa shape index (κ1) is 22.2. The second-order valence-electron chi connectivity index (χ2n) is 8.63. The van der Waals surface area contributed by atoms with Crippen molar-refractivity contribution in [3.8, 4) is 22.8 Å². The number of likely N-dealkylation sites (tertiary alicyclic amines) is 1. The Balaban J connectivity index is 1.49. The Morgan fingerprint density at radius 1 is 1.11 bits per heavy atom. The summed E-state index contributed by atoms with van der Waals surface area (Å²) >= 11 is 1.58. The SMILES string of the molecule is COc1nn(C)cc1-c1cc(O[C@H]2CCN(C)C2=O)c2c(Nc3ccc4ncsc4c3)ncnc2c1. The highest BCUT2D eigenvalue weighted by atomic mass is 32.1. The molecule has 6 rings (SSSR count). The van der Waals surface area contributed by atoms with Crippen LogP contribution in [-0.2, 0) is 11.8 Å². The number of carbonyl (C=O) groups excluding carboxylic acids is 1. The first-order chi connectivity index (χ1) is 17.5. The van der Waals surface area contributed by atoms with E-state index in [0.29, 0.717) is 41.3 Å². The number of hydrogen-bond acceptors (Lipinski definition) is 9. The molecular formula is C25H23N7O3S. The summed E-state index contributed by atoms with van der Waals surface area (Å²) in [6, 6.07) is 9.80. The van der Waals surface area contributed by atoms with Crippen LogP contribution in [0, 0.1) is 0 Å². The molecule has 1 atom stereocenters. The summed E-state index contributed by atoms with van der Waals surface area (Å²) < 4.78 is 14.6. The Morgan fingerprint density at radius 2 is 2.00 bits per heavy atom. The molecule has 1 N–H and O–H groups in total. The fourth-order valence-corrected chi connectivity index (χ4v) is 5.15. The highest BCUT2D eigenvalue weighted by Crippen LogP contribution is 2.39. The maximum atomic E-state index is 12.7. The Bertz CT molecular complexity index is 1610. The number of thiazole rings is 1. The molecule has 1 aliphatic rings. The third-order valence-corrected chi connectivity index (χ3v) is 7.03. The maximum absolute atomic E-state index is 12.7. The van der Waals surface area contributed by atoms with Crippen LogP contribution < -0.4 is 14.8 Å². The summed E-state index contributed by atoms with van der Waals surface area (Å²) in [6.45, 7) is 0.647. The summed E-state index contributed by atoms with van der Waals surface area (Å²) in [5.41, 5.74) is 5.92. The van der Waals surface area contributed by atoms with Gasteiger partial charge in [0.25, 0.3) is 5.91 Å². The number of carbonyl (C=O) groups is 1. The van der Waals surface area contributed by atoms with E-state index in [1.807, 2.05) is 49.1 Å². The zero-order valence-corrected chi connectivity index (χ0v) is 20.7. The van der Waals surface area contributed by atoms with Gasteiger partial charge in [0.05, 0.1) is 39.3 Å². The largest absolute Gasteiger partial charge is 0.480 e. The van der Waals surface area contributed by atoms with Gasteiger partial charge in [-0.05, 0) is 35.9 Å². The topological polar surface area (TPSA) is 107 Å². The van der Waals surface area contributed by atoms with Crippen LogP contribution in [0.2, 0.25) is 0 Å². The number of benzene rings is 2. The van der Waals surface area contributed by atoms with Crippen molar-refractivity contribution in [2.45, 2.75) is 12.5 Å². The molecule has 10 nitrogen and oxygen atoms in total. The predicted molar refractivity (Wildman–Crippen MR) is 138 cm³/mol. The number of likely N-dealkylation sites (N-methyl/N-ethyl adjacent to an activating group) is 1. The number of fused-ring (bicyclic) bond motifs is 2. The van der Waals surface area contributed by atoms with Crippen molar-refractivity contribution in [3.05, 3.63) is 48.4 Å². The summed E-state index contributed by atoms with van der Waals surface area (Å²) in [6.07, 6.45) is 3.42. The van der Waals surface area contributed by atoms with Crippen LogP contribution in [0.3, 0.4) is 0 Å². The van der Waals surface area contributed by atoms with Crippen molar-refractivity contribution >= 4 is 49.9 Å². The third kappa shape index (κ3) is 3.87. The van der Waals surface area contributed by atoms with E-state index in [1.165, 1.54) is 6.33 Å². The predicted octanol–water partition coefficient (Wildman–Crippen LogP) is 4.00. The van der Waals surface area contributed by atoms with Gasteiger partial charge in [0, 0.05) is 38.9 Å². The fraction of sp³-hybridized carbons (Fsp3) is 0.240. The number of nitrogens with zero attached hydrogens (tertiary/aromatic N) is 6. The number of hydrogen-bond donors (Lipinski definition) is 1. The van der Waals surface area contributed by atoms with Crippen LogP contribution in [0.5, 0.6) is 11.6 Å². The van der Waals surface area contributed by atoms with Gasteiger partial charge in [-0.3, -0.25) is 9.48 Å². The van der Waals surface area contributed by atoms with E-state index in [9.17, 15) is 4.79 Å². The maximum Gasteiger partial charge on any atom is 0.263 e. The lowest BCUT2D eigenvalue weighted by Crippen LogP contribution is -2.29. The smallest absolute Gasteiger partial charge is 0.263 e. The molecular weight excluding hydrogens is 478 g/mol. The minimum atomic E-state index is -0.578. The molecule has 4 heterocycles. The van der Waals surface area contributed by atoms with E-state index in [2.05, 4.69) is 25.4 Å². The average molecular weight is 502 g/mol. The molecule has 0 aliphatic carbocycles. The van der Waals surface area contributed by atoms with Crippen molar-refractivity contribution in [1.29, 1.82) is 0 Å². The lowest BCUT2D eigenvalue weighted by molar-refractivity contribution is -0.132. The number of amides is 1. The standard InChI is InChI=1S/C25H23N7O3S/c1-31-7-6-19(25(31)33)35-20-9-14(16-11-32(2)30-24(16)34-3)8-18-22(20)23(27-12-26-18)29-15-4-5-17-21(10-15)36-13-28-17/h4-5,8-13,19H,6-7H2,1-3H3,(H,26,27,29)/t19-/m0/s1. The van der Waals surface area contributed by atoms with Gasteiger partial charge in [0.15, 0.2) is 6.10 Å². The first-order valence-electron chi connectivity index (χ1n) is 11.4. The van der Waals surface area contributed by atoms with Crippen molar-refractivity contribution in [2.24, 2.45) is 7.05 Å². The van der Waals surface area contributed by atoms with Crippen LogP contribution in [0.25, 0.3) is 32.2 Å². The molecule has 0 saturated carbocycles. The quantitative estimate of drug-likeness (QED) is 0.372. The molecule has 5 aromatic rings. The van der Waals surface area contributed by atoms with Crippen LogP contribution in [0.4, 0.5) is 11.5 Å². The fourth-order valence-electron chi connectivity index (χ4n) is 4.44. The first-order valence-corrected chi connectivity index (χ1v) is 12.3. The zero-order valence-electron chi connectivity index (χ0n) is 19.9. The molecule has 0 unspecified atom stereocenters. The summed E-state index contributed by atoms with van der Waals surface area (Å²) in [5, 5.41) is 8.48. The number of anilines is 2. The van der Waals surface area contributed by atoms with Gasteiger partial charge in [-0.15, -0.1) is 16.4 Å². The summed E-state index contributed by atoms with van der Waals surface area (Å²) in [7, 11) is 5.20. The highest BCUT2D eigenvalue weighted by Gasteiger charge is 2.32. The molecule has 36 heavy (non-hydrogen) atoms. The Morgan fingerprint density at radius 3 is 2.81 bits per heavy atom. The van der Waals surface area contributed by atoms with E-state index >= 15 is 0 Å². The second kappa shape index (κ2) is 8.76. The van der Waals surface area contributed by atoms with Crippen LogP contribution in [-0.4, -0.2) is 62.3 Å². The molecule has 0 bridgehead atoms. The van der Waals surface area contributed by atoms with E-state index < -0.39 is 6.10 Å². The number of rotatable bonds is 6. The van der Waals surface area contributed by atoms with E-state index in [-0.39, 0.29) is 5.91 Å². The molecule has 0 spiro atoms. The minimum absolute atomic E-state index is 0.0467. The molecule has 1 aliphatic heterocycles. The van der Waals surface area contributed by atoms with Gasteiger partial charge in [0.2, 0.25) is 5.88 Å². The zero-order chi connectivity index (χ0) is 24.8. The Kier molecular flexibility index (Phi) is 5.41. The minimum Gasteiger partial charge on any atom is -0.480 e. The van der Waals surface area contributed by atoms with E-state index in [1.54, 1.807) is 35.1 Å². The molecule has 0 radical (unpaired) electrons. The monoisotopic (exact) mass is 501 g/mol. The van der Waals surface area contributed by atoms with Crippen LogP contribution in [0.1, 0.15) is 6.42 Å². The van der Waals surface area contributed by atoms with Gasteiger partial charge >= 0.3 is 0 Å². The average Bonchev–Trinajstić information content (AvgIpc) is 3.58. The number of ether oxygens (including phenoxy) is 2. The van der Waals surface area contributed by atoms with Crippen molar-refractivity contribution in [2.75, 3.05) is 26.0 Å². The molecule has 182 valence electrons. The number of nitrogens with one attached hydrogen (secondary N) is 1. The lowest BCUT2D eigenvalue weighted by Gasteiger charge is -2.18. The Hall–Kier alpha value is -4.25. The van der Waals surface area contributed by atoms with Gasteiger partial charge in [0.1, 0.15) is 17.9 Å². The van der Waals surface area contributed by atoms with Crippen LogP contribution >= 0.6 is 11.3 Å². The molecule has 2 aromatic carbocycles. The normalized spacial score (nSPS) is 15.7. The van der Waals surface area contributed by atoms with Gasteiger partial charge < -0.3 is 19.7 Å².